The summed E-state index contributed by atoms with van der Waals surface area (Å²) in [5.74, 6) is 0.274. The van der Waals surface area contributed by atoms with Crippen molar-refractivity contribution >= 4 is 5.91 Å². The van der Waals surface area contributed by atoms with Crippen molar-refractivity contribution in [2.75, 3.05) is 13.1 Å². The number of carbonyl (C=O) groups excluding carboxylic acids is 1. The van der Waals surface area contributed by atoms with Crippen LogP contribution in [0.25, 0.3) is 11.3 Å². The Morgan fingerprint density at radius 3 is 2.57 bits per heavy atom. The van der Waals surface area contributed by atoms with Crippen LogP contribution in [0.2, 0.25) is 0 Å². The number of phenols is 1. The number of likely N-dealkylation sites (tertiary alicyclic amines) is 1. The summed E-state index contributed by atoms with van der Waals surface area (Å²) in [6, 6.07) is 13.2. The van der Waals surface area contributed by atoms with E-state index in [9.17, 15) is 9.90 Å². The molecule has 2 heterocycles. The zero-order chi connectivity index (χ0) is 26.7. The molecule has 196 valence electrons. The van der Waals surface area contributed by atoms with Gasteiger partial charge in [0.1, 0.15) is 17.2 Å². The molecule has 1 saturated heterocycles. The van der Waals surface area contributed by atoms with Gasteiger partial charge in [0, 0.05) is 42.0 Å². The molecule has 1 aromatic heterocycles. The lowest BCUT2D eigenvalue weighted by atomic mass is 9.84. The van der Waals surface area contributed by atoms with Crippen molar-refractivity contribution in [3.63, 3.8) is 0 Å². The number of benzene rings is 2. The minimum atomic E-state index is -0.679. The average molecular weight is 502 g/mol. The number of hydrogen-bond donors (Lipinski definition) is 2. The van der Waals surface area contributed by atoms with Crippen molar-refractivity contribution in [1.82, 2.24) is 9.88 Å². The molecule has 6 nitrogen and oxygen atoms in total. The number of pyridine rings is 1. The SMILES string of the molecule is CCc1ccc(-c2cc(Oc3ccc(C(N)=O)c(O)c3)c(CN3CCCC(C)(C)C3)c(C)n2)c(CC)c1. The second-order valence-electron chi connectivity index (χ2n) is 10.9. The van der Waals surface area contributed by atoms with Gasteiger partial charge >= 0.3 is 0 Å². The highest BCUT2D eigenvalue weighted by molar-refractivity contribution is 5.95. The quantitative estimate of drug-likeness (QED) is 0.373. The van der Waals surface area contributed by atoms with Crippen molar-refractivity contribution in [2.45, 2.75) is 66.8 Å². The Morgan fingerprint density at radius 1 is 1.14 bits per heavy atom. The molecular weight excluding hydrogens is 462 g/mol. The van der Waals surface area contributed by atoms with Crippen molar-refractivity contribution in [1.29, 1.82) is 0 Å². The summed E-state index contributed by atoms with van der Waals surface area (Å²) in [4.78, 5) is 19.1. The zero-order valence-corrected chi connectivity index (χ0v) is 22.7. The van der Waals surface area contributed by atoms with E-state index in [0.29, 0.717) is 11.5 Å². The number of amides is 1. The molecule has 0 spiro atoms. The topological polar surface area (TPSA) is 88.7 Å². The van der Waals surface area contributed by atoms with E-state index in [1.54, 1.807) is 6.07 Å². The van der Waals surface area contributed by atoms with Crippen LogP contribution in [0.1, 0.15) is 73.3 Å². The predicted octanol–water partition coefficient (Wildman–Crippen LogP) is 6.40. The standard InChI is InChI=1S/C31H39N3O3/c1-6-21-9-11-24(22(7-2)15-21)27-17-29(37-23-10-12-25(30(32)36)28(35)16-23)26(20(3)33-27)18-34-14-8-13-31(4,5)19-34/h9-12,15-17,35H,6-8,13-14,18-19H2,1-5H3,(H2,32,36). The van der Waals surface area contributed by atoms with E-state index in [4.69, 9.17) is 15.5 Å². The van der Waals surface area contributed by atoms with Crippen LogP contribution in [-0.2, 0) is 19.4 Å². The lowest BCUT2D eigenvalue weighted by Gasteiger charge is -2.38. The van der Waals surface area contributed by atoms with Crippen LogP contribution in [0.3, 0.4) is 0 Å². The highest BCUT2D eigenvalue weighted by Crippen LogP contribution is 2.37. The van der Waals surface area contributed by atoms with E-state index < -0.39 is 5.91 Å². The van der Waals surface area contributed by atoms with Crippen LogP contribution in [0.5, 0.6) is 17.2 Å². The molecule has 1 fully saturated rings. The fourth-order valence-corrected chi connectivity index (χ4v) is 5.31. The molecule has 6 heteroatoms. The minimum absolute atomic E-state index is 0.0679. The monoisotopic (exact) mass is 501 g/mol. The van der Waals surface area contributed by atoms with E-state index >= 15 is 0 Å². The number of rotatable bonds is 8. The molecule has 3 N–H and O–H groups in total. The molecule has 1 amide bonds. The van der Waals surface area contributed by atoms with E-state index in [2.05, 4.69) is 50.8 Å². The van der Waals surface area contributed by atoms with Gasteiger partial charge in [0.15, 0.2) is 0 Å². The van der Waals surface area contributed by atoms with Crippen LogP contribution >= 0.6 is 0 Å². The van der Waals surface area contributed by atoms with Gasteiger partial charge in [-0.15, -0.1) is 0 Å². The highest BCUT2D eigenvalue weighted by Gasteiger charge is 2.28. The predicted molar refractivity (Wildman–Crippen MR) is 148 cm³/mol. The summed E-state index contributed by atoms with van der Waals surface area (Å²) in [6.07, 6.45) is 4.29. The van der Waals surface area contributed by atoms with Gasteiger partial charge < -0.3 is 15.6 Å². The number of piperidine rings is 1. The number of aromatic hydroxyl groups is 1. The highest BCUT2D eigenvalue weighted by atomic mass is 16.5. The third-order valence-electron chi connectivity index (χ3n) is 7.35. The fraction of sp³-hybridized carbons (Fsp3) is 0.419. The maximum atomic E-state index is 11.6. The van der Waals surface area contributed by atoms with Gasteiger partial charge in [-0.05, 0) is 67.8 Å². The van der Waals surface area contributed by atoms with Gasteiger partial charge in [-0.1, -0.05) is 45.9 Å². The number of nitrogens with zero attached hydrogens (tertiary/aromatic N) is 2. The molecule has 2 aromatic carbocycles. The Morgan fingerprint density at radius 2 is 1.92 bits per heavy atom. The first-order valence-electron chi connectivity index (χ1n) is 13.3. The number of nitrogens with two attached hydrogens (primary N) is 1. The lowest BCUT2D eigenvalue weighted by molar-refractivity contribution is 0.0997. The number of primary amides is 1. The van der Waals surface area contributed by atoms with Crippen molar-refractivity contribution in [3.05, 3.63) is 70.4 Å². The van der Waals surface area contributed by atoms with E-state index in [0.717, 1.165) is 55.0 Å². The van der Waals surface area contributed by atoms with E-state index in [-0.39, 0.29) is 16.7 Å². The summed E-state index contributed by atoms with van der Waals surface area (Å²) in [5, 5.41) is 10.3. The summed E-state index contributed by atoms with van der Waals surface area (Å²) in [6.45, 7) is 13.8. The van der Waals surface area contributed by atoms with Crippen molar-refractivity contribution < 1.29 is 14.6 Å². The molecule has 37 heavy (non-hydrogen) atoms. The summed E-state index contributed by atoms with van der Waals surface area (Å²) in [5.41, 5.74) is 12.2. The molecule has 0 bridgehead atoms. The molecule has 0 unspecified atom stereocenters. The molecule has 0 saturated carbocycles. The van der Waals surface area contributed by atoms with Crippen LogP contribution in [0, 0.1) is 12.3 Å². The largest absolute Gasteiger partial charge is 0.507 e. The molecule has 0 radical (unpaired) electrons. The number of hydrogen-bond acceptors (Lipinski definition) is 5. The fourth-order valence-electron chi connectivity index (χ4n) is 5.31. The van der Waals surface area contributed by atoms with Crippen LogP contribution in [0.4, 0.5) is 0 Å². The molecule has 0 atom stereocenters. The minimum Gasteiger partial charge on any atom is -0.507 e. The second-order valence-corrected chi connectivity index (χ2v) is 10.9. The van der Waals surface area contributed by atoms with Gasteiger partial charge in [0.05, 0.1) is 11.3 Å². The first kappa shape index (κ1) is 26.7. The first-order chi connectivity index (χ1) is 17.6. The maximum Gasteiger partial charge on any atom is 0.252 e. The molecule has 0 aliphatic carbocycles. The molecule has 1 aliphatic heterocycles. The number of carbonyl (C=O) groups is 1. The van der Waals surface area contributed by atoms with E-state index in [1.165, 1.54) is 36.1 Å². The van der Waals surface area contributed by atoms with Crippen LogP contribution in [0.15, 0.2) is 42.5 Å². The molecule has 1 aliphatic rings. The van der Waals surface area contributed by atoms with Crippen molar-refractivity contribution in [2.24, 2.45) is 11.1 Å². The van der Waals surface area contributed by atoms with Gasteiger partial charge in [0.25, 0.3) is 5.91 Å². The average Bonchev–Trinajstić information content (AvgIpc) is 2.84. The third-order valence-corrected chi connectivity index (χ3v) is 7.35. The van der Waals surface area contributed by atoms with Crippen molar-refractivity contribution in [3.8, 4) is 28.5 Å². The number of aryl methyl sites for hydroxylation is 3. The smallest absolute Gasteiger partial charge is 0.252 e. The Balaban J connectivity index is 1.78. The van der Waals surface area contributed by atoms with Gasteiger partial charge in [-0.3, -0.25) is 14.7 Å². The normalized spacial score (nSPS) is 15.5. The Labute approximate surface area is 220 Å². The summed E-state index contributed by atoms with van der Waals surface area (Å²) in [7, 11) is 0. The number of ether oxygens (including phenoxy) is 1. The van der Waals surface area contributed by atoms with Crippen LogP contribution < -0.4 is 10.5 Å². The first-order valence-corrected chi connectivity index (χ1v) is 13.3. The third kappa shape index (κ3) is 6.13. The van der Waals surface area contributed by atoms with Gasteiger partial charge in [-0.2, -0.15) is 0 Å². The summed E-state index contributed by atoms with van der Waals surface area (Å²) >= 11 is 0. The molecular formula is C31H39N3O3. The Bertz CT molecular complexity index is 1300. The van der Waals surface area contributed by atoms with E-state index in [1.807, 2.05) is 13.0 Å². The Kier molecular flexibility index (Phi) is 7.88. The maximum absolute atomic E-state index is 11.6. The molecule has 4 rings (SSSR count). The van der Waals surface area contributed by atoms with Gasteiger partial charge in [-0.25, -0.2) is 0 Å². The summed E-state index contributed by atoms with van der Waals surface area (Å²) < 4.78 is 6.40. The lowest BCUT2D eigenvalue weighted by Crippen LogP contribution is -2.39. The number of aromatic nitrogens is 1. The second kappa shape index (κ2) is 10.9. The molecule has 3 aromatic rings. The Hall–Kier alpha value is -3.38. The van der Waals surface area contributed by atoms with Gasteiger partial charge in [0.2, 0.25) is 0 Å². The zero-order valence-electron chi connectivity index (χ0n) is 22.7. The van der Waals surface area contributed by atoms with Crippen LogP contribution in [-0.4, -0.2) is 34.0 Å².